The molecular formula is C6H7N3O4. The minimum Gasteiger partial charge on any atom is -0.594 e. The van der Waals surface area contributed by atoms with Crippen LogP contribution in [0.4, 0.5) is 5.69 Å². The SMILES string of the molecule is COc1n[n+]([O-])c(C)cc1[N+](=O)[O-]. The van der Waals surface area contributed by atoms with Gasteiger partial charge in [0.05, 0.1) is 23.2 Å². The number of nitro groups is 1. The maximum atomic E-state index is 10.9. The Bertz CT molecular complexity index is 352. The fraction of sp³-hybridized carbons (Fsp3) is 0.333. The molecule has 0 atom stereocenters. The monoisotopic (exact) mass is 185 g/mol. The third-order valence-corrected chi connectivity index (χ3v) is 1.44. The van der Waals surface area contributed by atoms with Crippen molar-refractivity contribution in [2.75, 3.05) is 7.11 Å². The molecular weight excluding hydrogens is 178 g/mol. The number of rotatable bonds is 2. The molecule has 0 unspecified atom stereocenters. The van der Waals surface area contributed by atoms with E-state index in [1.807, 2.05) is 0 Å². The highest BCUT2D eigenvalue weighted by molar-refractivity contribution is 5.38. The first-order valence-electron chi connectivity index (χ1n) is 3.36. The van der Waals surface area contributed by atoms with Crippen molar-refractivity contribution in [1.82, 2.24) is 5.10 Å². The lowest BCUT2D eigenvalue weighted by Crippen LogP contribution is -2.34. The van der Waals surface area contributed by atoms with Crippen LogP contribution in [0.5, 0.6) is 5.88 Å². The standard InChI is InChI=1S/C6H7N3O4/c1-4-3-5(9(11)12)6(13-2)7-8(4)10/h3H,1-2H3. The smallest absolute Gasteiger partial charge is 0.359 e. The van der Waals surface area contributed by atoms with Crippen molar-refractivity contribution in [3.8, 4) is 5.88 Å². The zero-order chi connectivity index (χ0) is 10.0. The molecule has 0 N–H and O–H groups in total. The summed E-state index contributed by atoms with van der Waals surface area (Å²) in [6.07, 6.45) is 0. The van der Waals surface area contributed by atoms with Crippen LogP contribution in [-0.4, -0.2) is 17.1 Å². The minimum atomic E-state index is -0.654. The normalized spacial score (nSPS) is 9.69. The minimum absolute atomic E-state index is 0.146. The van der Waals surface area contributed by atoms with Gasteiger partial charge in [-0.2, -0.15) is 0 Å². The van der Waals surface area contributed by atoms with Crippen molar-refractivity contribution in [2.45, 2.75) is 6.92 Å². The first-order valence-corrected chi connectivity index (χ1v) is 3.36. The van der Waals surface area contributed by atoms with E-state index in [1.165, 1.54) is 14.0 Å². The number of hydrogen-bond donors (Lipinski definition) is 0. The van der Waals surface area contributed by atoms with E-state index in [9.17, 15) is 15.3 Å². The predicted octanol–water partition coefficient (Wildman–Crippen LogP) is -0.0598. The van der Waals surface area contributed by atoms with Gasteiger partial charge in [0.2, 0.25) is 5.69 Å². The molecule has 0 aromatic carbocycles. The van der Waals surface area contributed by atoms with Crippen LogP contribution >= 0.6 is 0 Å². The lowest BCUT2D eigenvalue weighted by molar-refractivity contribution is -0.676. The van der Waals surface area contributed by atoms with Crippen LogP contribution in [0.25, 0.3) is 0 Å². The average Bonchev–Trinajstić information content (AvgIpc) is 2.08. The highest BCUT2D eigenvalue weighted by atomic mass is 16.6. The Morgan fingerprint density at radius 2 is 2.31 bits per heavy atom. The molecule has 0 aliphatic heterocycles. The summed E-state index contributed by atoms with van der Waals surface area (Å²) in [5, 5.41) is 24.6. The van der Waals surface area contributed by atoms with E-state index in [4.69, 9.17) is 0 Å². The molecule has 0 aliphatic carbocycles. The van der Waals surface area contributed by atoms with Crippen LogP contribution in [0.2, 0.25) is 0 Å². The fourth-order valence-corrected chi connectivity index (χ4v) is 0.804. The summed E-state index contributed by atoms with van der Waals surface area (Å²) in [5.41, 5.74) is -0.167. The van der Waals surface area contributed by atoms with Crippen LogP contribution in [-0.2, 0) is 0 Å². The van der Waals surface area contributed by atoms with Gasteiger partial charge in [0, 0.05) is 6.92 Å². The van der Waals surface area contributed by atoms with Crippen molar-refractivity contribution >= 4 is 5.69 Å². The van der Waals surface area contributed by atoms with E-state index in [1.54, 1.807) is 0 Å². The van der Waals surface area contributed by atoms with Gasteiger partial charge in [-0.25, -0.2) is 0 Å². The van der Waals surface area contributed by atoms with Gasteiger partial charge in [-0.3, -0.25) is 10.1 Å². The van der Waals surface area contributed by atoms with Gasteiger partial charge in [0.15, 0.2) is 0 Å². The number of nitrogens with zero attached hydrogens (tertiary/aromatic N) is 3. The fourth-order valence-electron chi connectivity index (χ4n) is 0.804. The molecule has 0 amide bonds. The second kappa shape index (κ2) is 3.21. The van der Waals surface area contributed by atoms with Gasteiger partial charge in [-0.05, 0) is 0 Å². The van der Waals surface area contributed by atoms with Crippen LogP contribution in [0.1, 0.15) is 5.69 Å². The summed E-state index contributed by atoms with van der Waals surface area (Å²) in [6.45, 7) is 1.42. The summed E-state index contributed by atoms with van der Waals surface area (Å²) < 4.78 is 4.57. The second-order valence-corrected chi connectivity index (χ2v) is 2.31. The van der Waals surface area contributed by atoms with Crippen molar-refractivity contribution in [1.29, 1.82) is 0 Å². The topological polar surface area (TPSA) is 92.2 Å². The maximum Gasteiger partial charge on any atom is 0.359 e. The third kappa shape index (κ3) is 1.63. The van der Waals surface area contributed by atoms with Crippen molar-refractivity contribution in [2.24, 2.45) is 0 Å². The van der Waals surface area contributed by atoms with Gasteiger partial charge in [-0.15, -0.1) is 0 Å². The highest BCUT2D eigenvalue weighted by Gasteiger charge is 2.22. The summed E-state index contributed by atoms with van der Waals surface area (Å²) in [4.78, 5) is 10.0. The number of aryl methyl sites for hydroxylation is 1. The zero-order valence-electron chi connectivity index (χ0n) is 7.05. The Morgan fingerprint density at radius 1 is 1.69 bits per heavy atom. The summed E-state index contributed by atoms with van der Waals surface area (Å²) in [7, 11) is 1.21. The molecule has 0 radical (unpaired) electrons. The Kier molecular flexibility index (Phi) is 2.27. The van der Waals surface area contributed by atoms with Gasteiger partial charge in [-0.1, -0.05) is 4.85 Å². The number of ether oxygens (including phenoxy) is 1. The van der Waals surface area contributed by atoms with E-state index in [-0.39, 0.29) is 22.1 Å². The molecule has 1 rings (SSSR count). The molecule has 0 saturated heterocycles. The quantitative estimate of drug-likeness (QED) is 0.278. The molecule has 0 aliphatic rings. The van der Waals surface area contributed by atoms with E-state index in [0.717, 1.165) is 6.07 Å². The van der Waals surface area contributed by atoms with Crippen molar-refractivity contribution < 1.29 is 14.5 Å². The van der Waals surface area contributed by atoms with Crippen molar-refractivity contribution in [3.05, 3.63) is 27.1 Å². The second-order valence-electron chi connectivity index (χ2n) is 2.31. The molecule has 0 fully saturated rings. The Labute approximate surface area is 73.3 Å². The lowest BCUT2D eigenvalue weighted by Gasteiger charge is -2.00. The first-order chi connectivity index (χ1) is 6.06. The van der Waals surface area contributed by atoms with E-state index in [0.29, 0.717) is 0 Å². The Balaban J connectivity index is 3.33. The van der Waals surface area contributed by atoms with Crippen LogP contribution in [0.15, 0.2) is 6.07 Å². The molecule has 1 aromatic heterocycles. The molecule has 0 saturated carbocycles. The lowest BCUT2D eigenvalue weighted by atomic mass is 10.4. The van der Waals surface area contributed by atoms with E-state index in [2.05, 4.69) is 9.84 Å². The first kappa shape index (κ1) is 9.17. The number of methoxy groups -OCH3 is 1. The van der Waals surface area contributed by atoms with E-state index >= 15 is 0 Å². The summed E-state index contributed by atoms with van der Waals surface area (Å²) in [5.74, 6) is -0.286. The molecule has 7 nitrogen and oxygen atoms in total. The Morgan fingerprint density at radius 3 is 2.77 bits per heavy atom. The number of aromatic nitrogens is 2. The predicted molar refractivity (Wildman–Crippen MR) is 41.1 cm³/mol. The largest absolute Gasteiger partial charge is 0.594 e. The summed E-state index contributed by atoms with van der Waals surface area (Å²) in [6, 6.07) is 1.11. The summed E-state index contributed by atoms with van der Waals surface area (Å²) >= 11 is 0. The zero-order valence-corrected chi connectivity index (χ0v) is 7.05. The van der Waals surface area contributed by atoms with Gasteiger partial charge < -0.3 is 9.94 Å². The Hall–Kier alpha value is -1.92. The van der Waals surface area contributed by atoms with Gasteiger partial charge in [0.1, 0.15) is 0 Å². The maximum absolute atomic E-state index is 10.9. The van der Waals surface area contributed by atoms with Crippen LogP contribution < -0.4 is 9.58 Å². The molecule has 70 valence electrons. The van der Waals surface area contributed by atoms with Crippen LogP contribution in [0.3, 0.4) is 0 Å². The highest BCUT2D eigenvalue weighted by Crippen LogP contribution is 2.21. The molecule has 1 aromatic rings. The number of hydrogen-bond acceptors (Lipinski definition) is 5. The third-order valence-electron chi connectivity index (χ3n) is 1.44. The molecule has 1 heterocycles. The molecule has 13 heavy (non-hydrogen) atoms. The molecule has 0 spiro atoms. The van der Waals surface area contributed by atoms with Gasteiger partial charge >= 0.3 is 11.6 Å². The van der Waals surface area contributed by atoms with Crippen LogP contribution in [0, 0.1) is 22.2 Å². The molecule has 0 bridgehead atoms. The van der Waals surface area contributed by atoms with Gasteiger partial charge in [0.25, 0.3) is 0 Å². The van der Waals surface area contributed by atoms with Crippen molar-refractivity contribution in [3.63, 3.8) is 0 Å². The molecule has 7 heteroatoms. The van der Waals surface area contributed by atoms with E-state index < -0.39 is 4.92 Å². The average molecular weight is 185 g/mol.